The highest BCUT2D eigenvalue weighted by atomic mass is 16.6. The Morgan fingerprint density at radius 1 is 1.30 bits per heavy atom. The van der Waals surface area contributed by atoms with Crippen LogP contribution in [0.25, 0.3) is 0 Å². The largest absolute Gasteiger partial charge is 0.464 e. The molecule has 0 rings (SSSR count). The summed E-state index contributed by atoms with van der Waals surface area (Å²) in [5, 5.41) is 2.42. The molecule has 1 amide bonds. The first-order valence-corrected chi connectivity index (χ1v) is 6.61. The Kier molecular flexibility index (Phi) is 8.63. The van der Waals surface area contributed by atoms with Gasteiger partial charge in [0.15, 0.2) is 0 Å². The van der Waals surface area contributed by atoms with Crippen molar-refractivity contribution in [3.05, 3.63) is 12.7 Å². The van der Waals surface area contributed by atoms with Crippen molar-refractivity contribution in [3.8, 4) is 0 Å². The molecule has 116 valence electrons. The van der Waals surface area contributed by atoms with Gasteiger partial charge in [0, 0.05) is 6.42 Å². The topological polar surface area (TPSA) is 73.9 Å². The lowest BCUT2D eigenvalue weighted by Crippen LogP contribution is -2.42. The maximum absolute atomic E-state index is 11.6. The first-order chi connectivity index (χ1) is 9.26. The molecule has 20 heavy (non-hydrogen) atoms. The van der Waals surface area contributed by atoms with Crippen molar-refractivity contribution < 1.29 is 23.8 Å². The predicted octanol–water partition coefficient (Wildman–Crippen LogP) is 2.04. The van der Waals surface area contributed by atoms with E-state index in [0.717, 1.165) is 0 Å². The molecular formula is C14H25NO5. The number of carbonyl (C=O) groups is 2. The predicted molar refractivity (Wildman–Crippen MR) is 75.4 cm³/mol. The van der Waals surface area contributed by atoms with Crippen molar-refractivity contribution in [2.75, 3.05) is 19.8 Å². The molecule has 6 nitrogen and oxygen atoms in total. The van der Waals surface area contributed by atoms with E-state index in [2.05, 4.69) is 11.9 Å². The van der Waals surface area contributed by atoms with Gasteiger partial charge in [-0.1, -0.05) is 6.08 Å². The first-order valence-electron chi connectivity index (χ1n) is 6.61. The molecule has 1 atom stereocenters. The highest BCUT2D eigenvalue weighted by Gasteiger charge is 2.21. The Labute approximate surface area is 120 Å². The number of rotatable bonds is 8. The number of esters is 1. The normalized spacial score (nSPS) is 12.4. The van der Waals surface area contributed by atoms with E-state index in [1.165, 1.54) is 0 Å². The molecule has 0 aliphatic carbocycles. The van der Waals surface area contributed by atoms with Gasteiger partial charge in [0.1, 0.15) is 11.6 Å². The van der Waals surface area contributed by atoms with Crippen molar-refractivity contribution in [2.45, 2.75) is 45.8 Å². The van der Waals surface area contributed by atoms with Crippen LogP contribution in [-0.4, -0.2) is 43.5 Å². The number of nitrogens with one attached hydrogen (secondary N) is 1. The highest BCUT2D eigenvalue weighted by molar-refractivity contribution is 5.80. The molecule has 0 unspecified atom stereocenters. The van der Waals surface area contributed by atoms with E-state index < -0.39 is 23.7 Å². The summed E-state index contributed by atoms with van der Waals surface area (Å²) in [7, 11) is 0. The van der Waals surface area contributed by atoms with Crippen LogP contribution in [0.15, 0.2) is 12.7 Å². The smallest absolute Gasteiger partial charge is 0.408 e. The van der Waals surface area contributed by atoms with Crippen LogP contribution >= 0.6 is 0 Å². The molecule has 0 aromatic rings. The Balaban J connectivity index is 3.81. The summed E-state index contributed by atoms with van der Waals surface area (Å²) >= 11 is 0. The quantitative estimate of drug-likeness (QED) is 0.420. The second-order valence-electron chi connectivity index (χ2n) is 5.25. The number of ether oxygens (including phenoxy) is 3. The minimum absolute atomic E-state index is 0.246. The zero-order valence-electron chi connectivity index (χ0n) is 12.7. The first kappa shape index (κ1) is 18.4. The third kappa shape index (κ3) is 10.4. The van der Waals surface area contributed by atoms with E-state index in [4.69, 9.17) is 14.2 Å². The summed E-state index contributed by atoms with van der Waals surface area (Å²) in [5.41, 5.74) is -0.601. The minimum atomic E-state index is -0.751. The van der Waals surface area contributed by atoms with Gasteiger partial charge in [0.25, 0.3) is 0 Å². The maximum atomic E-state index is 11.6. The molecule has 0 saturated heterocycles. The average Bonchev–Trinajstić information content (AvgIpc) is 2.30. The van der Waals surface area contributed by atoms with Crippen LogP contribution in [0.4, 0.5) is 4.79 Å². The van der Waals surface area contributed by atoms with E-state index >= 15 is 0 Å². The summed E-state index contributed by atoms with van der Waals surface area (Å²) in [6.45, 7) is 11.5. The zero-order valence-corrected chi connectivity index (χ0v) is 12.7. The molecule has 0 fully saturated rings. The lowest BCUT2D eigenvalue weighted by molar-refractivity contribution is -0.146. The van der Waals surface area contributed by atoms with Crippen LogP contribution in [0.2, 0.25) is 0 Å². The molecular weight excluding hydrogens is 262 g/mol. The van der Waals surface area contributed by atoms with Gasteiger partial charge in [-0.05, 0) is 27.7 Å². The second kappa shape index (κ2) is 9.36. The molecule has 0 bridgehead atoms. The van der Waals surface area contributed by atoms with Crippen LogP contribution in [-0.2, 0) is 19.0 Å². The molecule has 0 spiro atoms. The number of carbonyl (C=O) groups excluding carboxylic acids is 2. The van der Waals surface area contributed by atoms with Crippen molar-refractivity contribution in [2.24, 2.45) is 0 Å². The highest BCUT2D eigenvalue weighted by Crippen LogP contribution is 2.06. The maximum Gasteiger partial charge on any atom is 0.408 e. The summed E-state index contributed by atoms with van der Waals surface area (Å²) in [6, 6.07) is -0.751. The molecule has 0 radical (unpaired) electrons. The van der Waals surface area contributed by atoms with Crippen LogP contribution in [0, 0.1) is 0 Å². The van der Waals surface area contributed by atoms with Gasteiger partial charge >= 0.3 is 12.1 Å². The summed E-state index contributed by atoms with van der Waals surface area (Å²) in [5.74, 6) is -0.500. The van der Waals surface area contributed by atoms with E-state index in [9.17, 15) is 9.59 Å². The van der Waals surface area contributed by atoms with Crippen LogP contribution < -0.4 is 5.32 Å². The average molecular weight is 287 g/mol. The van der Waals surface area contributed by atoms with Gasteiger partial charge < -0.3 is 19.5 Å². The summed E-state index contributed by atoms with van der Waals surface area (Å²) in [6.07, 6.45) is 1.61. The van der Waals surface area contributed by atoms with Gasteiger partial charge in [-0.2, -0.15) is 0 Å². The minimum Gasteiger partial charge on any atom is -0.464 e. The Hall–Kier alpha value is -1.56. The van der Waals surface area contributed by atoms with Crippen LogP contribution in [0.5, 0.6) is 0 Å². The standard InChI is InChI=1S/C14H25NO5/c1-6-8-18-9-7-10-19-12(16)11(2)15-13(17)20-14(3,4)5/h6,11H,1,7-10H2,2-5H3,(H,15,17)/t11-/m0/s1. The van der Waals surface area contributed by atoms with Crippen molar-refractivity contribution in [1.29, 1.82) is 0 Å². The molecule has 1 N–H and O–H groups in total. The molecule has 0 aliphatic rings. The Morgan fingerprint density at radius 3 is 2.50 bits per heavy atom. The van der Waals surface area contributed by atoms with Gasteiger partial charge in [-0.25, -0.2) is 9.59 Å². The number of amides is 1. The molecule has 6 heteroatoms. The number of hydrogen-bond acceptors (Lipinski definition) is 5. The van der Waals surface area contributed by atoms with E-state index in [0.29, 0.717) is 19.6 Å². The molecule has 0 heterocycles. The van der Waals surface area contributed by atoms with Gasteiger partial charge in [-0.15, -0.1) is 6.58 Å². The van der Waals surface area contributed by atoms with Crippen LogP contribution in [0.1, 0.15) is 34.1 Å². The fourth-order valence-corrected chi connectivity index (χ4v) is 1.17. The number of alkyl carbamates (subject to hydrolysis) is 1. The monoisotopic (exact) mass is 287 g/mol. The van der Waals surface area contributed by atoms with Crippen molar-refractivity contribution >= 4 is 12.1 Å². The second-order valence-corrected chi connectivity index (χ2v) is 5.25. The van der Waals surface area contributed by atoms with Crippen molar-refractivity contribution in [1.82, 2.24) is 5.32 Å². The van der Waals surface area contributed by atoms with Gasteiger partial charge in [0.2, 0.25) is 0 Å². The lowest BCUT2D eigenvalue weighted by atomic mass is 10.2. The van der Waals surface area contributed by atoms with Gasteiger partial charge in [-0.3, -0.25) is 0 Å². The molecule has 0 saturated carbocycles. The molecule has 0 aliphatic heterocycles. The third-order valence-corrected chi connectivity index (χ3v) is 2.00. The Morgan fingerprint density at radius 2 is 1.95 bits per heavy atom. The Bertz CT molecular complexity index is 322. The van der Waals surface area contributed by atoms with E-state index in [-0.39, 0.29) is 6.61 Å². The fourth-order valence-electron chi connectivity index (χ4n) is 1.17. The lowest BCUT2D eigenvalue weighted by Gasteiger charge is -2.21. The van der Waals surface area contributed by atoms with E-state index in [1.54, 1.807) is 33.8 Å². The van der Waals surface area contributed by atoms with Crippen molar-refractivity contribution in [3.63, 3.8) is 0 Å². The SMILES string of the molecule is C=CCOCCCOC(=O)[C@H](C)NC(=O)OC(C)(C)C. The summed E-state index contributed by atoms with van der Waals surface area (Å²) < 4.78 is 15.2. The fraction of sp³-hybridized carbons (Fsp3) is 0.714. The van der Waals surface area contributed by atoms with Crippen LogP contribution in [0.3, 0.4) is 0 Å². The zero-order chi connectivity index (χ0) is 15.6. The molecule has 0 aromatic carbocycles. The number of hydrogen-bond donors (Lipinski definition) is 1. The van der Waals surface area contributed by atoms with Gasteiger partial charge in [0.05, 0.1) is 19.8 Å². The third-order valence-electron chi connectivity index (χ3n) is 2.00. The van der Waals surface area contributed by atoms with E-state index in [1.807, 2.05) is 0 Å². The molecule has 0 aromatic heterocycles. The summed E-state index contributed by atoms with van der Waals surface area (Å²) in [4.78, 5) is 23.0.